The van der Waals surface area contributed by atoms with Crippen molar-refractivity contribution in [3.05, 3.63) is 77.6 Å². The molecule has 3 aromatic rings. The largest absolute Gasteiger partial charge is 0.500 e. The number of aromatic amines is 1. The third-order valence-corrected chi connectivity index (χ3v) is 5.99. The molecule has 33 heavy (non-hydrogen) atoms. The van der Waals surface area contributed by atoms with Gasteiger partial charge < -0.3 is 19.5 Å². The maximum absolute atomic E-state index is 14.5. The molecule has 2 aromatic heterocycles. The summed E-state index contributed by atoms with van der Waals surface area (Å²) in [5, 5.41) is 0.955. The van der Waals surface area contributed by atoms with Crippen molar-refractivity contribution in [2.24, 2.45) is 0 Å². The molecule has 1 aliphatic rings. The van der Waals surface area contributed by atoms with Gasteiger partial charge in [-0.1, -0.05) is 12.2 Å². The first-order valence-electron chi connectivity index (χ1n) is 11.0. The van der Waals surface area contributed by atoms with Crippen molar-refractivity contribution in [3.8, 4) is 11.1 Å². The summed E-state index contributed by atoms with van der Waals surface area (Å²) in [6.07, 6.45) is 10.6. The topological polar surface area (TPSA) is 61.5 Å². The van der Waals surface area contributed by atoms with Crippen LogP contribution in [0.3, 0.4) is 0 Å². The summed E-state index contributed by atoms with van der Waals surface area (Å²) < 4.78 is 20.1. The molecule has 1 amide bonds. The predicted molar refractivity (Wildman–Crippen MR) is 129 cm³/mol. The van der Waals surface area contributed by atoms with Crippen LogP contribution >= 0.6 is 0 Å². The van der Waals surface area contributed by atoms with E-state index in [4.69, 9.17) is 4.74 Å². The van der Waals surface area contributed by atoms with E-state index in [9.17, 15) is 9.18 Å². The number of methoxy groups -OCH3 is 1. The van der Waals surface area contributed by atoms with Gasteiger partial charge in [-0.05, 0) is 62.0 Å². The minimum atomic E-state index is -0.451. The van der Waals surface area contributed by atoms with E-state index in [0.29, 0.717) is 17.7 Å². The zero-order valence-electron chi connectivity index (χ0n) is 19.4. The summed E-state index contributed by atoms with van der Waals surface area (Å²) >= 11 is 0. The molecule has 0 saturated carbocycles. The molecule has 0 aliphatic heterocycles. The molecular formula is C26H29FN4O2. The monoisotopic (exact) mass is 448 g/mol. The van der Waals surface area contributed by atoms with Crippen LogP contribution in [-0.4, -0.2) is 67.0 Å². The lowest BCUT2D eigenvalue weighted by Gasteiger charge is -2.20. The number of ether oxygens (including phenoxy) is 1. The number of likely N-dealkylation sites (N-methyl/N-ethyl adjacent to an activating group) is 2. The molecule has 1 aliphatic carbocycles. The van der Waals surface area contributed by atoms with Gasteiger partial charge in [0.15, 0.2) is 0 Å². The van der Waals surface area contributed by atoms with Crippen LogP contribution in [0.15, 0.2) is 60.6 Å². The number of rotatable bonds is 7. The van der Waals surface area contributed by atoms with Gasteiger partial charge in [-0.2, -0.15) is 0 Å². The van der Waals surface area contributed by atoms with Gasteiger partial charge in [-0.25, -0.2) is 9.37 Å². The highest BCUT2D eigenvalue weighted by molar-refractivity contribution is 5.96. The quantitative estimate of drug-likeness (QED) is 0.575. The first-order chi connectivity index (χ1) is 15.9. The summed E-state index contributed by atoms with van der Waals surface area (Å²) in [5.74, 6) is 0.315. The summed E-state index contributed by atoms with van der Waals surface area (Å²) in [6, 6.07) is 6.46. The number of aromatic nitrogens is 2. The second kappa shape index (κ2) is 9.58. The van der Waals surface area contributed by atoms with Gasteiger partial charge in [0.2, 0.25) is 0 Å². The number of nitrogens with zero attached hydrogens (tertiary/aromatic N) is 3. The Balaban J connectivity index is 1.69. The van der Waals surface area contributed by atoms with E-state index in [1.54, 1.807) is 31.3 Å². The molecule has 0 fully saturated rings. The molecule has 4 rings (SSSR count). The minimum Gasteiger partial charge on any atom is -0.500 e. The zero-order valence-corrected chi connectivity index (χ0v) is 19.4. The number of halogens is 1. The van der Waals surface area contributed by atoms with E-state index in [-0.39, 0.29) is 11.8 Å². The highest BCUT2D eigenvalue weighted by Gasteiger charge is 2.22. The van der Waals surface area contributed by atoms with E-state index in [1.165, 1.54) is 12.1 Å². The Labute approximate surface area is 193 Å². The number of allylic oxidation sites excluding steroid dienone is 4. The number of amides is 1. The van der Waals surface area contributed by atoms with Crippen LogP contribution < -0.4 is 0 Å². The molecule has 0 spiro atoms. The Kier molecular flexibility index (Phi) is 6.60. The number of carbonyl (C=O) groups is 1. The Morgan fingerprint density at radius 1 is 1.18 bits per heavy atom. The second-order valence-electron chi connectivity index (χ2n) is 8.61. The molecule has 1 atom stereocenters. The third-order valence-electron chi connectivity index (χ3n) is 5.99. The van der Waals surface area contributed by atoms with Gasteiger partial charge in [0.25, 0.3) is 5.91 Å². The predicted octanol–water partition coefficient (Wildman–Crippen LogP) is 4.58. The lowest BCUT2D eigenvalue weighted by Crippen LogP contribution is -2.33. The van der Waals surface area contributed by atoms with Gasteiger partial charge in [0.1, 0.15) is 17.2 Å². The molecular weight excluding hydrogens is 419 g/mol. The number of carbonyl (C=O) groups excluding carboxylic acids is 1. The van der Waals surface area contributed by atoms with Crippen molar-refractivity contribution in [2.45, 2.75) is 12.3 Å². The molecule has 7 heteroatoms. The van der Waals surface area contributed by atoms with E-state index in [0.717, 1.165) is 40.9 Å². The summed E-state index contributed by atoms with van der Waals surface area (Å²) in [5.41, 5.74) is 3.53. The van der Waals surface area contributed by atoms with Crippen LogP contribution in [0.5, 0.6) is 0 Å². The van der Waals surface area contributed by atoms with Crippen LogP contribution in [0.1, 0.15) is 28.3 Å². The highest BCUT2D eigenvalue weighted by Crippen LogP contribution is 2.36. The first-order valence-corrected chi connectivity index (χ1v) is 11.0. The van der Waals surface area contributed by atoms with E-state index in [1.807, 2.05) is 43.4 Å². The molecule has 0 saturated heterocycles. The van der Waals surface area contributed by atoms with Crippen LogP contribution in [-0.2, 0) is 4.74 Å². The number of nitrogens with one attached hydrogen (secondary N) is 1. The summed E-state index contributed by atoms with van der Waals surface area (Å²) in [6.45, 7) is 1.29. The van der Waals surface area contributed by atoms with Gasteiger partial charge >= 0.3 is 0 Å². The SMILES string of the molecule is COC1=CC=CCC1c1c[nH]c2ncc(-c3cc(F)cc(C(=O)N(C)CCN(C)C)c3)cc12. The normalized spacial score (nSPS) is 15.7. The number of hydrogen-bond donors (Lipinski definition) is 1. The lowest BCUT2D eigenvalue weighted by atomic mass is 9.90. The van der Waals surface area contributed by atoms with Gasteiger partial charge in [0, 0.05) is 55.0 Å². The number of H-pyrrole nitrogens is 1. The smallest absolute Gasteiger partial charge is 0.253 e. The average molecular weight is 449 g/mol. The van der Waals surface area contributed by atoms with Crippen molar-refractivity contribution >= 4 is 16.9 Å². The molecule has 1 aromatic carbocycles. The second-order valence-corrected chi connectivity index (χ2v) is 8.61. The Hall–Kier alpha value is -3.45. The maximum atomic E-state index is 14.5. The molecule has 6 nitrogen and oxygen atoms in total. The molecule has 1 unspecified atom stereocenters. The van der Waals surface area contributed by atoms with Crippen molar-refractivity contribution in [1.29, 1.82) is 0 Å². The average Bonchev–Trinajstić information content (AvgIpc) is 3.24. The van der Waals surface area contributed by atoms with Crippen molar-refractivity contribution < 1.29 is 13.9 Å². The fourth-order valence-corrected chi connectivity index (χ4v) is 4.12. The standard InChI is InChI=1S/C26H29FN4O2/c1-30(2)9-10-31(3)26(32)18-11-17(12-20(27)13-18)19-14-22-23(16-29-25(22)28-15-19)21-7-5-6-8-24(21)33-4/h5-6,8,11-16,21H,7,9-10H2,1-4H3,(H,28,29). The summed E-state index contributed by atoms with van der Waals surface area (Å²) in [7, 11) is 7.31. The van der Waals surface area contributed by atoms with Crippen molar-refractivity contribution in [3.63, 3.8) is 0 Å². The zero-order chi connectivity index (χ0) is 23.5. The first kappa shape index (κ1) is 22.7. The lowest BCUT2D eigenvalue weighted by molar-refractivity contribution is 0.0786. The number of hydrogen-bond acceptors (Lipinski definition) is 4. The molecule has 0 radical (unpaired) electrons. The van der Waals surface area contributed by atoms with E-state index in [2.05, 4.69) is 16.0 Å². The van der Waals surface area contributed by atoms with E-state index < -0.39 is 5.82 Å². The van der Waals surface area contributed by atoms with Crippen molar-refractivity contribution in [1.82, 2.24) is 19.8 Å². The molecule has 1 N–H and O–H groups in total. The van der Waals surface area contributed by atoms with Gasteiger partial charge in [0.05, 0.1) is 7.11 Å². The van der Waals surface area contributed by atoms with Crippen LogP contribution in [0.2, 0.25) is 0 Å². The molecule has 0 bridgehead atoms. The van der Waals surface area contributed by atoms with Gasteiger partial charge in [-0.15, -0.1) is 0 Å². The molecule has 2 heterocycles. The maximum Gasteiger partial charge on any atom is 0.253 e. The molecule has 172 valence electrons. The Morgan fingerprint density at radius 2 is 2.00 bits per heavy atom. The highest BCUT2D eigenvalue weighted by atomic mass is 19.1. The number of fused-ring (bicyclic) bond motifs is 1. The van der Waals surface area contributed by atoms with Crippen LogP contribution in [0, 0.1) is 5.82 Å². The van der Waals surface area contributed by atoms with E-state index >= 15 is 0 Å². The minimum absolute atomic E-state index is 0.0841. The van der Waals surface area contributed by atoms with Gasteiger partial charge in [-0.3, -0.25) is 4.79 Å². The van der Waals surface area contributed by atoms with Crippen LogP contribution in [0.25, 0.3) is 22.2 Å². The van der Waals surface area contributed by atoms with Crippen molar-refractivity contribution in [2.75, 3.05) is 41.3 Å². The number of benzene rings is 1. The third kappa shape index (κ3) is 4.83. The fourth-order valence-electron chi connectivity index (χ4n) is 4.12. The number of pyridine rings is 1. The fraction of sp³-hybridized carbons (Fsp3) is 0.308. The summed E-state index contributed by atoms with van der Waals surface area (Å²) in [4.78, 5) is 24.3. The Bertz CT molecular complexity index is 1230. The van der Waals surface area contributed by atoms with Crippen LogP contribution in [0.4, 0.5) is 4.39 Å². The Morgan fingerprint density at radius 3 is 2.76 bits per heavy atom.